The molecule has 0 unspecified atom stereocenters. The molecule has 0 N–H and O–H groups in total. The molecule has 0 rings (SSSR count). The van der Waals surface area contributed by atoms with E-state index in [1.807, 2.05) is 6.58 Å². The minimum atomic E-state index is -6.08. The number of rotatable bonds is 4. The predicted molar refractivity (Wildman–Crippen MR) is 69.4 cm³/mol. The van der Waals surface area contributed by atoms with E-state index in [4.69, 9.17) is 0 Å². The van der Waals surface area contributed by atoms with Gasteiger partial charge in [0.05, 0.1) is 0 Å². The molecule has 0 saturated heterocycles. The van der Waals surface area contributed by atoms with Crippen molar-refractivity contribution in [1.29, 1.82) is 0 Å². The van der Waals surface area contributed by atoms with Crippen molar-refractivity contribution in [3.63, 3.8) is 0 Å². The molecule has 0 amide bonds. The van der Waals surface area contributed by atoms with Gasteiger partial charge in [0, 0.05) is 0 Å². The smallest absolute Gasteiger partial charge is 0.434 e. The largest absolute Gasteiger partial charge is 0.452 e. The number of halogens is 15. The Balaban J connectivity index is 0. The third-order valence-corrected chi connectivity index (χ3v) is 2.36. The van der Waals surface area contributed by atoms with Crippen LogP contribution in [-0.4, -0.2) is 55.5 Å². The Kier molecular flexibility index (Phi) is 10.2. The van der Waals surface area contributed by atoms with Crippen LogP contribution in [0.1, 0.15) is 0 Å². The van der Waals surface area contributed by atoms with E-state index in [-0.39, 0.29) is 0 Å². The second kappa shape index (κ2) is 10.3. The van der Waals surface area contributed by atoms with Crippen LogP contribution < -0.4 is 0 Å². The minimum absolute atomic E-state index is 1.97. The zero-order valence-corrected chi connectivity index (χ0v) is 14.5. The molecule has 4 nitrogen and oxygen atoms in total. The van der Waals surface area contributed by atoms with Gasteiger partial charge in [-0.1, -0.05) is 13.2 Å². The zero-order chi connectivity index (χ0) is 26.5. The van der Waals surface area contributed by atoms with Gasteiger partial charge in [0.15, 0.2) is 6.61 Å². The Morgan fingerprint density at radius 3 is 1.19 bits per heavy atom. The van der Waals surface area contributed by atoms with Crippen LogP contribution in [0, 0.1) is 0 Å². The third kappa shape index (κ3) is 12.3. The van der Waals surface area contributed by atoms with Crippen LogP contribution in [-0.2, 0) is 19.1 Å². The van der Waals surface area contributed by atoms with E-state index in [0.717, 1.165) is 0 Å². The summed E-state index contributed by atoms with van der Waals surface area (Å²) in [6.45, 7) is 2.20. The van der Waals surface area contributed by atoms with Gasteiger partial charge in [-0.25, -0.2) is 9.59 Å². The molecule has 0 aromatic carbocycles. The highest BCUT2D eigenvalue weighted by Gasteiger charge is 2.60. The fourth-order valence-corrected chi connectivity index (χ4v) is 0.963. The highest BCUT2D eigenvalue weighted by atomic mass is 19.4. The molecule has 0 aliphatic carbocycles. The van der Waals surface area contributed by atoms with Crippen LogP contribution in [0.2, 0.25) is 0 Å². The summed E-state index contributed by atoms with van der Waals surface area (Å²) in [7, 11) is 0. The van der Waals surface area contributed by atoms with Crippen LogP contribution >= 0.6 is 0 Å². The van der Waals surface area contributed by atoms with Gasteiger partial charge in [-0.05, 0) is 0 Å². The number of alkyl halides is 15. The van der Waals surface area contributed by atoms with E-state index in [0.29, 0.717) is 0 Å². The SMILES string of the molecule is C=C(C(=O)OC(C(F)(F)F)C(F)(F)F)C(F)(F)F.C=C(C(=O)OCC(F)(F)F)C(F)(F)F. The Morgan fingerprint density at radius 1 is 0.625 bits per heavy atom. The van der Waals surface area contributed by atoms with Gasteiger partial charge in [-0.15, -0.1) is 0 Å². The first-order chi connectivity index (χ1) is 13.7. The minimum Gasteiger partial charge on any atom is -0.452 e. The monoisotopic (exact) mass is 512 g/mol. The summed E-state index contributed by atoms with van der Waals surface area (Å²) in [5.74, 6) is -4.98. The van der Waals surface area contributed by atoms with E-state index in [1.54, 1.807) is 0 Å². The van der Waals surface area contributed by atoms with Crippen molar-refractivity contribution in [2.24, 2.45) is 0 Å². The number of ether oxygens (including phenoxy) is 2. The van der Waals surface area contributed by atoms with E-state index in [2.05, 4.69) is 16.1 Å². The molecule has 0 aliphatic rings. The van der Waals surface area contributed by atoms with Crippen molar-refractivity contribution in [2.75, 3.05) is 6.61 Å². The summed E-state index contributed by atoms with van der Waals surface area (Å²) in [5.41, 5.74) is -4.44. The molecule has 0 heterocycles. The summed E-state index contributed by atoms with van der Waals surface area (Å²) in [4.78, 5) is 20.7. The lowest BCUT2D eigenvalue weighted by Crippen LogP contribution is -2.46. The van der Waals surface area contributed by atoms with E-state index in [1.165, 1.54) is 0 Å². The first kappa shape index (κ1) is 31.6. The van der Waals surface area contributed by atoms with Gasteiger partial charge < -0.3 is 9.47 Å². The summed E-state index contributed by atoms with van der Waals surface area (Å²) < 4.78 is 181. The lowest BCUT2D eigenvalue weighted by atomic mass is 10.3. The maximum atomic E-state index is 11.8. The number of esters is 2. The number of hydrogen-bond acceptors (Lipinski definition) is 4. The van der Waals surface area contributed by atoms with Gasteiger partial charge in [0.1, 0.15) is 11.1 Å². The second-order valence-corrected chi connectivity index (χ2v) is 5.01. The van der Waals surface area contributed by atoms with E-state index in [9.17, 15) is 75.4 Å². The Labute approximate surface area is 166 Å². The van der Waals surface area contributed by atoms with Crippen molar-refractivity contribution in [2.45, 2.75) is 37.0 Å². The molecule has 0 saturated carbocycles. The lowest BCUT2D eigenvalue weighted by Gasteiger charge is -2.23. The number of hydrogen-bond donors (Lipinski definition) is 0. The van der Waals surface area contributed by atoms with Crippen molar-refractivity contribution >= 4 is 11.9 Å². The molecule has 0 bridgehead atoms. The Hall–Kier alpha value is -2.63. The number of carbonyl (C=O) groups is 2. The fourth-order valence-electron chi connectivity index (χ4n) is 0.963. The molecule has 0 spiro atoms. The molecular weight excluding hydrogens is 505 g/mol. The van der Waals surface area contributed by atoms with Crippen LogP contribution in [0.15, 0.2) is 24.3 Å². The Bertz CT molecular complexity index is 677. The normalized spacial score (nSPS) is 13.1. The molecule has 19 heteroatoms. The second-order valence-electron chi connectivity index (χ2n) is 5.01. The highest BCUT2D eigenvalue weighted by molar-refractivity contribution is 5.89. The first-order valence-corrected chi connectivity index (χ1v) is 6.81. The third-order valence-electron chi connectivity index (χ3n) is 2.36. The summed E-state index contributed by atoms with van der Waals surface area (Å²) in [5, 5.41) is 0. The highest BCUT2D eigenvalue weighted by Crippen LogP contribution is 2.37. The van der Waals surface area contributed by atoms with Crippen molar-refractivity contribution in [1.82, 2.24) is 0 Å². The summed E-state index contributed by atoms with van der Waals surface area (Å²) >= 11 is 0. The molecule has 0 atom stereocenters. The molecule has 0 fully saturated rings. The average Bonchev–Trinajstić information content (AvgIpc) is 2.51. The van der Waals surface area contributed by atoms with Gasteiger partial charge in [-0.3, -0.25) is 0 Å². The van der Waals surface area contributed by atoms with Gasteiger partial charge in [-0.2, -0.15) is 65.9 Å². The molecule has 0 aromatic rings. The molecule has 32 heavy (non-hydrogen) atoms. The summed E-state index contributed by atoms with van der Waals surface area (Å²) in [6, 6.07) is 0. The maximum Gasteiger partial charge on any atom is 0.434 e. The van der Waals surface area contributed by atoms with Crippen LogP contribution in [0.5, 0.6) is 0 Å². The van der Waals surface area contributed by atoms with Gasteiger partial charge in [0.25, 0.3) is 6.10 Å². The molecule has 0 aliphatic heterocycles. The predicted octanol–water partition coefficient (Wildman–Crippen LogP) is 5.35. The number of carbonyl (C=O) groups excluding carboxylic acids is 2. The van der Waals surface area contributed by atoms with Crippen molar-refractivity contribution < 1.29 is 84.9 Å². The van der Waals surface area contributed by atoms with E-state index < -0.39 is 66.7 Å². The van der Waals surface area contributed by atoms with Gasteiger partial charge >= 0.3 is 42.8 Å². The molecule has 188 valence electrons. The van der Waals surface area contributed by atoms with E-state index >= 15 is 0 Å². The maximum absolute atomic E-state index is 11.8. The van der Waals surface area contributed by atoms with Crippen LogP contribution in [0.3, 0.4) is 0 Å². The lowest BCUT2D eigenvalue weighted by molar-refractivity contribution is -0.313. The quantitative estimate of drug-likeness (QED) is 0.290. The molecule has 0 radical (unpaired) electrons. The van der Waals surface area contributed by atoms with Crippen LogP contribution in [0.25, 0.3) is 0 Å². The Morgan fingerprint density at radius 2 is 0.938 bits per heavy atom. The van der Waals surface area contributed by atoms with Crippen molar-refractivity contribution in [3.8, 4) is 0 Å². The topological polar surface area (TPSA) is 52.6 Å². The van der Waals surface area contributed by atoms with Gasteiger partial charge in [0.2, 0.25) is 0 Å². The standard InChI is InChI=1S/C7H3F9O2.C6H4F6O2/c1-2(5(8,9)10)3(17)18-4(6(11,12)13)7(14,15)16;1-3(6(10,11)12)4(13)14-2-5(7,8)9/h4H,1H2;1-2H2. The average molecular weight is 512 g/mol. The summed E-state index contributed by atoms with van der Waals surface area (Å²) in [6.07, 6.45) is -32.2. The molecule has 0 aromatic heterocycles. The fraction of sp³-hybridized carbons (Fsp3) is 0.538. The first-order valence-electron chi connectivity index (χ1n) is 6.81. The molecular formula is C13H7F15O4. The zero-order valence-electron chi connectivity index (χ0n) is 14.5. The van der Waals surface area contributed by atoms with Crippen molar-refractivity contribution in [3.05, 3.63) is 24.3 Å². The van der Waals surface area contributed by atoms with Crippen LogP contribution in [0.4, 0.5) is 65.9 Å².